The second kappa shape index (κ2) is 4.87. The number of anilines is 1. The molecule has 15 heavy (non-hydrogen) atoms. The van der Waals surface area contributed by atoms with Crippen LogP contribution in [0.2, 0.25) is 5.15 Å². The highest BCUT2D eigenvalue weighted by Crippen LogP contribution is 2.24. The van der Waals surface area contributed by atoms with Crippen LogP contribution in [0.15, 0.2) is 12.1 Å². The first kappa shape index (κ1) is 11.5. The lowest BCUT2D eigenvalue weighted by molar-refractivity contribution is 0.436. The van der Waals surface area contributed by atoms with Gasteiger partial charge in [0.15, 0.2) is 0 Å². The van der Waals surface area contributed by atoms with Gasteiger partial charge >= 0.3 is 0 Å². The van der Waals surface area contributed by atoms with E-state index in [9.17, 15) is 0 Å². The molecule has 0 amide bonds. The van der Waals surface area contributed by atoms with Crippen molar-refractivity contribution < 1.29 is 0 Å². The lowest BCUT2D eigenvalue weighted by Crippen LogP contribution is -2.33. The third-order valence-corrected chi connectivity index (χ3v) is 3.67. The Labute approximate surface area is 109 Å². The number of aromatic nitrogens is 1. The molecule has 0 unspecified atom stereocenters. The summed E-state index contributed by atoms with van der Waals surface area (Å²) in [5, 5.41) is 0.593. The Morgan fingerprint density at radius 1 is 1.40 bits per heavy atom. The van der Waals surface area contributed by atoms with E-state index >= 15 is 0 Å². The molecule has 0 aromatic carbocycles. The Bertz CT molecular complexity index is 328. The van der Waals surface area contributed by atoms with Crippen molar-refractivity contribution in [3.63, 3.8) is 0 Å². The Kier molecular flexibility index (Phi) is 3.72. The maximum Gasteiger partial charge on any atom is 0.132 e. The number of hydrogen-bond acceptors (Lipinski definition) is 2. The van der Waals surface area contributed by atoms with Crippen LogP contribution >= 0.6 is 34.2 Å². The molecule has 1 aliphatic heterocycles. The molecule has 4 heteroatoms. The van der Waals surface area contributed by atoms with Gasteiger partial charge in [-0.2, -0.15) is 0 Å². The van der Waals surface area contributed by atoms with Crippen LogP contribution in [-0.4, -0.2) is 18.1 Å². The van der Waals surface area contributed by atoms with Gasteiger partial charge in [-0.3, -0.25) is 0 Å². The molecule has 1 aromatic heterocycles. The summed E-state index contributed by atoms with van der Waals surface area (Å²) in [5.74, 6) is 1.87. The number of nitrogens with zero attached hydrogens (tertiary/aromatic N) is 2. The standard InChI is InChI=1S/C11H14ClIN2/c1-8-2-4-15(5-3-8)11-7-9(13)6-10(12)14-11/h6-8H,2-5H2,1H3. The molecule has 0 aliphatic carbocycles. The molecule has 0 N–H and O–H groups in total. The number of piperidine rings is 1. The minimum atomic E-state index is 0.593. The van der Waals surface area contributed by atoms with Gasteiger partial charge < -0.3 is 4.90 Å². The van der Waals surface area contributed by atoms with Crippen LogP contribution in [0.4, 0.5) is 5.82 Å². The lowest BCUT2D eigenvalue weighted by atomic mass is 9.99. The van der Waals surface area contributed by atoms with Crippen molar-refractivity contribution in [2.45, 2.75) is 19.8 Å². The van der Waals surface area contributed by atoms with Gasteiger partial charge in [-0.25, -0.2) is 4.98 Å². The van der Waals surface area contributed by atoms with E-state index in [1.54, 1.807) is 0 Å². The van der Waals surface area contributed by atoms with Crippen LogP contribution in [0.1, 0.15) is 19.8 Å². The van der Waals surface area contributed by atoms with E-state index in [1.807, 2.05) is 6.07 Å². The van der Waals surface area contributed by atoms with Gasteiger partial charge in [0.25, 0.3) is 0 Å². The van der Waals surface area contributed by atoms with Crippen molar-refractivity contribution in [2.24, 2.45) is 5.92 Å². The largest absolute Gasteiger partial charge is 0.357 e. The highest BCUT2D eigenvalue weighted by molar-refractivity contribution is 14.1. The fourth-order valence-corrected chi connectivity index (χ4v) is 2.81. The number of hydrogen-bond donors (Lipinski definition) is 0. The third kappa shape index (κ3) is 2.97. The molecular formula is C11H14ClIN2. The first-order valence-electron chi connectivity index (χ1n) is 5.23. The summed E-state index contributed by atoms with van der Waals surface area (Å²) in [5.41, 5.74) is 0. The van der Waals surface area contributed by atoms with Crippen LogP contribution in [0.5, 0.6) is 0 Å². The topological polar surface area (TPSA) is 16.1 Å². The number of halogens is 2. The number of pyridine rings is 1. The van der Waals surface area contributed by atoms with Gasteiger partial charge in [0, 0.05) is 16.7 Å². The molecule has 1 aromatic rings. The zero-order valence-electron chi connectivity index (χ0n) is 8.71. The van der Waals surface area contributed by atoms with Gasteiger partial charge in [0.1, 0.15) is 11.0 Å². The van der Waals surface area contributed by atoms with Gasteiger partial charge in [-0.15, -0.1) is 0 Å². The smallest absolute Gasteiger partial charge is 0.132 e. The molecule has 1 aliphatic rings. The second-order valence-electron chi connectivity index (χ2n) is 4.14. The van der Waals surface area contributed by atoms with E-state index in [1.165, 1.54) is 12.8 Å². The number of rotatable bonds is 1. The summed E-state index contributed by atoms with van der Waals surface area (Å²) >= 11 is 8.24. The molecule has 0 atom stereocenters. The molecule has 2 nitrogen and oxygen atoms in total. The average Bonchev–Trinajstić information content (AvgIpc) is 2.17. The molecule has 0 radical (unpaired) electrons. The Balaban J connectivity index is 2.15. The zero-order valence-corrected chi connectivity index (χ0v) is 11.6. The Morgan fingerprint density at radius 2 is 2.07 bits per heavy atom. The highest BCUT2D eigenvalue weighted by atomic mass is 127. The van der Waals surface area contributed by atoms with Gasteiger partial charge in [-0.05, 0) is 53.5 Å². The predicted octanol–water partition coefficient (Wildman–Crippen LogP) is 3.58. The fraction of sp³-hybridized carbons (Fsp3) is 0.545. The first-order chi connectivity index (χ1) is 7.15. The molecule has 0 saturated carbocycles. The zero-order chi connectivity index (χ0) is 10.8. The first-order valence-corrected chi connectivity index (χ1v) is 6.69. The van der Waals surface area contributed by atoms with E-state index in [0.29, 0.717) is 5.15 Å². The lowest BCUT2D eigenvalue weighted by Gasteiger charge is -2.31. The van der Waals surface area contributed by atoms with Crippen molar-refractivity contribution in [1.29, 1.82) is 0 Å². The van der Waals surface area contributed by atoms with Gasteiger partial charge in [0.05, 0.1) is 0 Å². The quantitative estimate of drug-likeness (QED) is 0.576. The van der Waals surface area contributed by atoms with Gasteiger partial charge in [-0.1, -0.05) is 18.5 Å². The summed E-state index contributed by atoms with van der Waals surface area (Å²) in [7, 11) is 0. The normalized spacial score (nSPS) is 18.2. The summed E-state index contributed by atoms with van der Waals surface area (Å²) in [6.07, 6.45) is 2.51. The summed E-state index contributed by atoms with van der Waals surface area (Å²) in [4.78, 5) is 6.70. The monoisotopic (exact) mass is 336 g/mol. The maximum absolute atomic E-state index is 5.96. The molecule has 0 spiro atoms. The average molecular weight is 337 g/mol. The molecule has 82 valence electrons. The summed E-state index contributed by atoms with van der Waals surface area (Å²) in [6.45, 7) is 4.52. The predicted molar refractivity (Wildman–Crippen MR) is 72.6 cm³/mol. The Morgan fingerprint density at radius 3 is 2.67 bits per heavy atom. The molecular weight excluding hydrogens is 322 g/mol. The van der Waals surface area contributed by atoms with Crippen molar-refractivity contribution in [2.75, 3.05) is 18.0 Å². The SMILES string of the molecule is CC1CCN(c2cc(I)cc(Cl)n2)CC1. The van der Waals surface area contributed by atoms with Crippen molar-refractivity contribution in [1.82, 2.24) is 4.98 Å². The van der Waals surface area contributed by atoms with Crippen LogP contribution < -0.4 is 4.90 Å². The van der Waals surface area contributed by atoms with Crippen molar-refractivity contribution in [3.8, 4) is 0 Å². The van der Waals surface area contributed by atoms with E-state index in [-0.39, 0.29) is 0 Å². The Hall–Kier alpha value is -0.0300. The minimum Gasteiger partial charge on any atom is -0.357 e. The molecule has 1 saturated heterocycles. The van der Waals surface area contributed by atoms with Crippen LogP contribution in [0.25, 0.3) is 0 Å². The van der Waals surface area contributed by atoms with Gasteiger partial charge in [0.2, 0.25) is 0 Å². The second-order valence-corrected chi connectivity index (χ2v) is 5.77. The van der Waals surface area contributed by atoms with E-state index in [0.717, 1.165) is 28.4 Å². The fourth-order valence-electron chi connectivity index (χ4n) is 1.85. The minimum absolute atomic E-state index is 0.593. The summed E-state index contributed by atoms with van der Waals surface area (Å²) < 4.78 is 1.15. The molecule has 1 fully saturated rings. The van der Waals surface area contributed by atoms with Crippen molar-refractivity contribution in [3.05, 3.63) is 20.9 Å². The molecule has 2 heterocycles. The summed E-state index contributed by atoms with van der Waals surface area (Å²) in [6, 6.07) is 3.99. The van der Waals surface area contributed by atoms with E-state index < -0.39 is 0 Å². The van der Waals surface area contributed by atoms with E-state index in [2.05, 4.69) is 45.5 Å². The molecule has 2 rings (SSSR count). The van der Waals surface area contributed by atoms with Crippen molar-refractivity contribution >= 4 is 40.0 Å². The third-order valence-electron chi connectivity index (χ3n) is 2.85. The van der Waals surface area contributed by atoms with E-state index in [4.69, 9.17) is 11.6 Å². The van der Waals surface area contributed by atoms with Crippen LogP contribution in [-0.2, 0) is 0 Å². The molecule has 0 bridgehead atoms. The maximum atomic E-state index is 5.96. The van der Waals surface area contributed by atoms with Crippen LogP contribution in [0, 0.1) is 9.49 Å². The van der Waals surface area contributed by atoms with Crippen LogP contribution in [0.3, 0.4) is 0 Å². The highest BCUT2D eigenvalue weighted by Gasteiger charge is 2.17.